The van der Waals surface area contributed by atoms with E-state index < -0.39 is 10.0 Å². The number of anilines is 2. The number of aromatic hydroxyl groups is 1. The van der Waals surface area contributed by atoms with Crippen LogP contribution in [0.15, 0.2) is 102 Å². The van der Waals surface area contributed by atoms with Gasteiger partial charge in [-0.2, -0.15) is 0 Å². The zero-order valence-corrected chi connectivity index (χ0v) is 18.4. The van der Waals surface area contributed by atoms with Gasteiger partial charge in [-0.15, -0.1) is 0 Å². The van der Waals surface area contributed by atoms with Crippen molar-refractivity contribution < 1.29 is 13.5 Å². The van der Waals surface area contributed by atoms with E-state index in [-0.39, 0.29) is 10.6 Å². The Morgan fingerprint density at radius 1 is 0.750 bits per heavy atom. The maximum absolute atomic E-state index is 12.8. The van der Waals surface area contributed by atoms with Crippen molar-refractivity contribution in [1.82, 2.24) is 0 Å². The van der Waals surface area contributed by atoms with Gasteiger partial charge in [0.1, 0.15) is 13.6 Å². The van der Waals surface area contributed by atoms with Gasteiger partial charge in [-0.3, -0.25) is 4.72 Å². The molecular weight excluding hydrogens is 419 g/mol. The topological polar surface area (TPSA) is 78.4 Å². The van der Waals surface area contributed by atoms with E-state index in [1.165, 1.54) is 0 Å². The summed E-state index contributed by atoms with van der Waals surface area (Å²) in [4.78, 5) is 0.174. The van der Waals surface area contributed by atoms with Gasteiger partial charge in [0, 0.05) is 23.5 Å². The third-order valence-electron chi connectivity index (χ3n) is 5.13. The summed E-state index contributed by atoms with van der Waals surface area (Å²) in [6.07, 6.45) is 0. The molecule has 0 heterocycles. The van der Waals surface area contributed by atoms with E-state index in [1.807, 2.05) is 62.4 Å². The number of phenolic OH excluding ortho intramolecular Hbond substituents is 1. The molecule has 0 spiro atoms. The summed E-state index contributed by atoms with van der Waals surface area (Å²) < 4.78 is 28.1. The van der Waals surface area contributed by atoms with Crippen molar-refractivity contribution in [3.8, 4) is 16.9 Å². The molecule has 0 saturated heterocycles. The smallest absolute Gasteiger partial charge is 0.261 e. The lowest BCUT2D eigenvalue weighted by Gasteiger charge is -2.11. The molecule has 3 N–H and O–H groups in total. The third-order valence-corrected chi connectivity index (χ3v) is 6.53. The average molecular weight is 442 g/mol. The number of hydrogen-bond donors (Lipinski definition) is 3. The molecule has 0 saturated carbocycles. The van der Waals surface area contributed by atoms with Crippen LogP contribution in [0.1, 0.15) is 5.56 Å². The molecular formula is C25H23BN2O3S. The van der Waals surface area contributed by atoms with Crippen LogP contribution in [0.2, 0.25) is 0 Å². The van der Waals surface area contributed by atoms with Gasteiger partial charge in [-0.25, -0.2) is 8.42 Å². The molecule has 4 aromatic rings. The second-order valence-electron chi connectivity index (χ2n) is 7.56. The van der Waals surface area contributed by atoms with Crippen LogP contribution < -0.4 is 15.5 Å². The Balaban J connectivity index is 1.41. The molecule has 0 aromatic heterocycles. The Bertz CT molecular complexity index is 1310. The van der Waals surface area contributed by atoms with E-state index >= 15 is 0 Å². The van der Waals surface area contributed by atoms with E-state index in [0.717, 1.165) is 27.8 Å². The van der Waals surface area contributed by atoms with Gasteiger partial charge < -0.3 is 10.4 Å². The highest BCUT2D eigenvalue weighted by Crippen LogP contribution is 2.24. The molecule has 160 valence electrons. The molecule has 4 aromatic carbocycles. The van der Waals surface area contributed by atoms with Crippen LogP contribution >= 0.6 is 0 Å². The molecule has 0 radical (unpaired) electrons. The zero-order valence-electron chi connectivity index (χ0n) is 17.6. The molecule has 0 amide bonds. The minimum atomic E-state index is -3.70. The molecule has 0 bridgehead atoms. The molecule has 5 nitrogen and oxygen atoms in total. The van der Waals surface area contributed by atoms with Crippen LogP contribution in [0.25, 0.3) is 11.1 Å². The van der Waals surface area contributed by atoms with Crippen LogP contribution in [0, 0.1) is 0 Å². The van der Waals surface area contributed by atoms with Gasteiger partial charge in [0.15, 0.2) is 0 Å². The second-order valence-corrected chi connectivity index (χ2v) is 9.24. The minimum absolute atomic E-state index is 0.174. The van der Waals surface area contributed by atoms with Crippen molar-refractivity contribution in [1.29, 1.82) is 0 Å². The summed E-state index contributed by atoms with van der Waals surface area (Å²) in [6.45, 7) is 0.435. The first-order chi connectivity index (χ1) is 15.4. The fourth-order valence-electron chi connectivity index (χ4n) is 3.35. The van der Waals surface area contributed by atoms with E-state index in [0.29, 0.717) is 12.2 Å². The molecule has 0 fully saturated rings. The summed E-state index contributed by atoms with van der Waals surface area (Å²) in [5.74, 6) is 0.235. The van der Waals surface area contributed by atoms with Gasteiger partial charge in [-0.05, 0) is 53.6 Å². The molecule has 4 rings (SSSR count). The van der Waals surface area contributed by atoms with E-state index in [1.54, 1.807) is 42.5 Å². The monoisotopic (exact) mass is 442 g/mol. The van der Waals surface area contributed by atoms with Crippen LogP contribution in [0.4, 0.5) is 11.4 Å². The zero-order chi connectivity index (χ0) is 22.6. The van der Waals surface area contributed by atoms with Crippen LogP contribution in [-0.4, -0.2) is 21.4 Å². The molecule has 32 heavy (non-hydrogen) atoms. The predicted molar refractivity (Wildman–Crippen MR) is 133 cm³/mol. The first kappa shape index (κ1) is 21.5. The minimum Gasteiger partial charge on any atom is -0.508 e. The lowest BCUT2D eigenvalue weighted by atomic mass is 9.94. The van der Waals surface area contributed by atoms with Gasteiger partial charge in [0.05, 0.1) is 4.90 Å². The number of rotatable bonds is 7. The summed E-state index contributed by atoms with van der Waals surface area (Å²) in [7, 11) is -1.79. The molecule has 0 atom stereocenters. The van der Waals surface area contributed by atoms with E-state index in [2.05, 4.69) is 10.0 Å². The molecule has 0 unspecified atom stereocenters. The standard InChI is InChI=1S/C25H23BN2O3S/c26-21-9-6-20(25(29)16-21)17-27-22-12-14-24(15-13-22)32(30,31)28-23-10-7-19(8-11-23)18-4-2-1-3-5-18/h1-16,27-29H,17,26H2. The van der Waals surface area contributed by atoms with Crippen molar-refractivity contribution >= 4 is 34.7 Å². The van der Waals surface area contributed by atoms with Crippen molar-refractivity contribution in [2.75, 3.05) is 10.0 Å². The van der Waals surface area contributed by atoms with Crippen molar-refractivity contribution in [3.05, 3.63) is 103 Å². The highest BCUT2D eigenvalue weighted by molar-refractivity contribution is 7.92. The van der Waals surface area contributed by atoms with Crippen molar-refractivity contribution in [2.24, 2.45) is 0 Å². The van der Waals surface area contributed by atoms with E-state index in [9.17, 15) is 13.5 Å². The number of nitrogens with one attached hydrogen (secondary N) is 2. The Labute approximate surface area is 189 Å². The number of benzene rings is 4. The van der Waals surface area contributed by atoms with Gasteiger partial charge in [0.2, 0.25) is 0 Å². The highest BCUT2D eigenvalue weighted by Gasteiger charge is 2.14. The van der Waals surface area contributed by atoms with Crippen LogP contribution in [0.5, 0.6) is 5.75 Å². The first-order valence-corrected chi connectivity index (χ1v) is 11.7. The first-order valence-electron chi connectivity index (χ1n) is 10.2. The summed E-state index contributed by atoms with van der Waals surface area (Å²) in [5, 5.41) is 13.2. The maximum atomic E-state index is 12.8. The molecule has 0 aliphatic heterocycles. The summed E-state index contributed by atoms with van der Waals surface area (Å²) in [6, 6.07) is 29.2. The average Bonchev–Trinajstić information content (AvgIpc) is 2.80. The van der Waals surface area contributed by atoms with Gasteiger partial charge in [-0.1, -0.05) is 60.1 Å². The largest absolute Gasteiger partial charge is 0.508 e. The Morgan fingerprint density at radius 3 is 2.03 bits per heavy atom. The molecule has 0 aliphatic carbocycles. The normalized spacial score (nSPS) is 11.1. The quantitative estimate of drug-likeness (QED) is 0.381. The summed E-state index contributed by atoms with van der Waals surface area (Å²) >= 11 is 0. The second kappa shape index (κ2) is 9.20. The molecule has 0 aliphatic rings. The third kappa shape index (κ3) is 5.13. The van der Waals surface area contributed by atoms with Gasteiger partial charge in [0.25, 0.3) is 10.0 Å². The van der Waals surface area contributed by atoms with Crippen molar-refractivity contribution in [3.63, 3.8) is 0 Å². The number of hydrogen-bond acceptors (Lipinski definition) is 4. The van der Waals surface area contributed by atoms with Gasteiger partial charge >= 0.3 is 0 Å². The van der Waals surface area contributed by atoms with Crippen LogP contribution in [0.3, 0.4) is 0 Å². The van der Waals surface area contributed by atoms with Crippen molar-refractivity contribution in [2.45, 2.75) is 11.4 Å². The van der Waals surface area contributed by atoms with E-state index in [4.69, 9.17) is 0 Å². The highest BCUT2D eigenvalue weighted by atomic mass is 32.2. The molecule has 7 heteroatoms. The van der Waals surface area contributed by atoms with Crippen LogP contribution in [-0.2, 0) is 16.6 Å². The summed E-state index contributed by atoms with van der Waals surface area (Å²) in [5.41, 5.74) is 5.11. The lowest BCUT2D eigenvalue weighted by molar-refractivity contribution is 0.469. The Morgan fingerprint density at radius 2 is 1.38 bits per heavy atom. The fraction of sp³-hybridized carbons (Fsp3) is 0.0400. The SMILES string of the molecule is Bc1ccc(CNc2ccc(S(=O)(=O)Nc3ccc(-c4ccccc4)cc3)cc2)c(O)c1. The predicted octanol–water partition coefficient (Wildman–Crippen LogP) is 3.73. The lowest BCUT2D eigenvalue weighted by Crippen LogP contribution is -2.13. The maximum Gasteiger partial charge on any atom is 0.261 e. The number of sulfonamides is 1. The fourth-order valence-corrected chi connectivity index (χ4v) is 4.41. The number of phenols is 1. The Hall–Kier alpha value is -3.71. The Kier molecular flexibility index (Phi) is 6.19.